The zero-order valence-electron chi connectivity index (χ0n) is 10.2. The molecule has 1 aromatic carbocycles. The standard InChI is InChI=1S/C14H16O4/c15-7-11-5-13-14(18-9-17-13)6-12(11)16-8-10-3-1-2-4-10/h5-7,10H,1-4,8-9H2. The van der Waals surface area contributed by atoms with Crippen LogP contribution in [0.3, 0.4) is 0 Å². The molecule has 1 fully saturated rings. The number of aldehydes is 1. The van der Waals surface area contributed by atoms with Crippen molar-refractivity contribution in [2.75, 3.05) is 13.4 Å². The minimum absolute atomic E-state index is 0.208. The highest BCUT2D eigenvalue weighted by Crippen LogP contribution is 2.38. The van der Waals surface area contributed by atoms with Crippen LogP contribution in [0.5, 0.6) is 17.2 Å². The van der Waals surface area contributed by atoms with E-state index < -0.39 is 0 Å². The summed E-state index contributed by atoms with van der Waals surface area (Å²) in [5.41, 5.74) is 0.525. The van der Waals surface area contributed by atoms with Gasteiger partial charge in [-0.05, 0) is 24.8 Å². The van der Waals surface area contributed by atoms with E-state index >= 15 is 0 Å². The third-order valence-electron chi connectivity index (χ3n) is 3.58. The van der Waals surface area contributed by atoms with Gasteiger partial charge in [-0.3, -0.25) is 4.79 Å². The fraction of sp³-hybridized carbons (Fsp3) is 0.500. The lowest BCUT2D eigenvalue weighted by Gasteiger charge is -2.13. The Labute approximate surface area is 106 Å². The summed E-state index contributed by atoms with van der Waals surface area (Å²) in [5.74, 6) is 2.49. The summed E-state index contributed by atoms with van der Waals surface area (Å²) >= 11 is 0. The first kappa shape index (κ1) is 11.4. The zero-order chi connectivity index (χ0) is 12.4. The van der Waals surface area contributed by atoms with Crippen LogP contribution in [0, 0.1) is 5.92 Å². The van der Waals surface area contributed by atoms with Crippen molar-refractivity contribution >= 4 is 6.29 Å². The van der Waals surface area contributed by atoms with Gasteiger partial charge in [-0.1, -0.05) is 12.8 Å². The van der Waals surface area contributed by atoms with Gasteiger partial charge in [0.15, 0.2) is 17.8 Å². The minimum atomic E-state index is 0.208. The second-order valence-electron chi connectivity index (χ2n) is 4.82. The Hall–Kier alpha value is -1.71. The third-order valence-corrected chi connectivity index (χ3v) is 3.58. The maximum atomic E-state index is 11.0. The molecule has 0 unspecified atom stereocenters. The maximum absolute atomic E-state index is 11.0. The summed E-state index contributed by atoms with van der Waals surface area (Å²) in [6, 6.07) is 3.43. The Morgan fingerprint density at radius 2 is 1.94 bits per heavy atom. The predicted molar refractivity (Wildman–Crippen MR) is 65.4 cm³/mol. The van der Waals surface area contributed by atoms with Crippen LogP contribution in [0.15, 0.2) is 12.1 Å². The Morgan fingerprint density at radius 1 is 1.22 bits per heavy atom. The predicted octanol–water partition coefficient (Wildman–Crippen LogP) is 2.80. The van der Waals surface area contributed by atoms with Crippen LogP contribution in [0.4, 0.5) is 0 Å². The Kier molecular flexibility index (Phi) is 3.09. The molecule has 0 spiro atoms. The first-order valence-electron chi connectivity index (χ1n) is 6.38. The molecule has 0 N–H and O–H groups in total. The second kappa shape index (κ2) is 4.88. The number of fused-ring (bicyclic) bond motifs is 1. The Balaban J connectivity index is 1.75. The number of benzene rings is 1. The molecule has 1 saturated carbocycles. The van der Waals surface area contributed by atoms with Crippen molar-refractivity contribution in [3.63, 3.8) is 0 Å². The Bertz CT molecular complexity index is 449. The molecule has 3 rings (SSSR count). The molecular weight excluding hydrogens is 232 g/mol. The highest BCUT2D eigenvalue weighted by atomic mass is 16.7. The molecule has 0 atom stereocenters. The number of hydrogen-bond donors (Lipinski definition) is 0. The normalized spacial score (nSPS) is 18.0. The van der Waals surface area contributed by atoms with Crippen LogP contribution >= 0.6 is 0 Å². The molecule has 1 heterocycles. The van der Waals surface area contributed by atoms with Crippen molar-refractivity contribution in [3.8, 4) is 17.2 Å². The molecule has 0 saturated heterocycles. The Morgan fingerprint density at radius 3 is 2.67 bits per heavy atom. The van der Waals surface area contributed by atoms with Crippen LogP contribution in [0.1, 0.15) is 36.0 Å². The lowest BCUT2D eigenvalue weighted by Crippen LogP contribution is -2.09. The molecular formula is C14H16O4. The van der Waals surface area contributed by atoms with Gasteiger partial charge >= 0.3 is 0 Å². The molecule has 0 amide bonds. The molecule has 0 radical (unpaired) electrons. The van der Waals surface area contributed by atoms with Gasteiger partial charge in [0.1, 0.15) is 5.75 Å². The van der Waals surface area contributed by atoms with Gasteiger partial charge in [0, 0.05) is 6.07 Å². The van der Waals surface area contributed by atoms with Crippen LogP contribution in [0.25, 0.3) is 0 Å². The van der Waals surface area contributed by atoms with E-state index in [1.54, 1.807) is 12.1 Å². The summed E-state index contributed by atoms with van der Waals surface area (Å²) in [6.07, 6.45) is 5.82. The van der Waals surface area contributed by atoms with E-state index in [0.29, 0.717) is 35.3 Å². The van der Waals surface area contributed by atoms with Gasteiger partial charge in [-0.15, -0.1) is 0 Å². The van der Waals surface area contributed by atoms with Gasteiger partial charge in [0.25, 0.3) is 0 Å². The van der Waals surface area contributed by atoms with E-state index in [0.717, 1.165) is 6.29 Å². The van der Waals surface area contributed by atoms with E-state index in [-0.39, 0.29) is 6.79 Å². The van der Waals surface area contributed by atoms with Crippen molar-refractivity contribution in [3.05, 3.63) is 17.7 Å². The third kappa shape index (κ3) is 2.15. The number of carbonyl (C=O) groups excluding carboxylic acids is 1. The van der Waals surface area contributed by atoms with Crippen LogP contribution in [-0.4, -0.2) is 19.7 Å². The van der Waals surface area contributed by atoms with Gasteiger partial charge in [-0.2, -0.15) is 0 Å². The summed E-state index contributed by atoms with van der Waals surface area (Å²) in [4.78, 5) is 11.0. The highest BCUT2D eigenvalue weighted by molar-refractivity contribution is 5.81. The number of rotatable bonds is 4. The fourth-order valence-corrected chi connectivity index (χ4v) is 2.54. The molecule has 1 aliphatic heterocycles. The SMILES string of the molecule is O=Cc1cc2c(cc1OCC1CCCC1)OCO2. The van der Waals surface area contributed by atoms with E-state index in [1.165, 1.54) is 25.7 Å². The average Bonchev–Trinajstić information content (AvgIpc) is 3.05. The van der Waals surface area contributed by atoms with Crippen molar-refractivity contribution in [1.82, 2.24) is 0 Å². The van der Waals surface area contributed by atoms with Gasteiger partial charge in [0.2, 0.25) is 6.79 Å². The first-order chi connectivity index (χ1) is 8.86. The van der Waals surface area contributed by atoms with Gasteiger partial charge in [-0.25, -0.2) is 0 Å². The second-order valence-corrected chi connectivity index (χ2v) is 4.82. The van der Waals surface area contributed by atoms with Crippen molar-refractivity contribution in [1.29, 1.82) is 0 Å². The van der Waals surface area contributed by atoms with Crippen LogP contribution < -0.4 is 14.2 Å². The smallest absolute Gasteiger partial charge is 0.231 e. The summed E-state index contributed by atoms with van der Waals surface area (Å²) in [7, 11) is 0. The van der Waals surface area contributed by atoms with Crippen LogP contribution in [-0.2, 0) is 0 Å². The van der Waals surface area contributed by atoms with E-state index in [1.807, 2.05) is 0 Å². The summed E-state index contributed by atoms with van der Waals surface area (Å²) in [5, 5.41) is 0. The molecule has 1 aromatic rings. The van der Waals surface area contributed by atoms with E-state index in [4.69, 9.17) is 14.2 Å². The fourth-order valence-electron chi connectivity index (χ4n) is 2.54. The van der Waals surface area contributed by atoms with Crippen molar-refractivity contribution < 1.29 is 19.0 Å². The lowest BCUT2D eigenvalue weighted by molar-refractivity contribution is 0.111. The largest absolute Gasteiger partial charge is 0.492 e. The van der Waals surface area contributed by atoms with Crippen molar-refractivity contribution in [2.45, 2.75) is 25.7 Å². The quantitative estimate of drug-likeness (QED) is 0.768. The molecule has 1 aliphatic carbocycles. The molecule has 4 heteroatoms. The van der Waals surface area contributed by atoms with E-state index in [2.05, 4.69) is 0 Å². The van der Waals surface area contributed by atoms with Gasteiger partial charge in [0.05, 0.1) is 12.2 Å². The molecule has 18 heavy (non-hydrogen) atoms. The zero-order valence-corrected chi connectivity index (χ0v) is 10.2. The number of carbonyl (C=O) groups is 1. The molecule has 2 aliphatic rings. The first-order valence-corrected chi connectivity index (χ1v) is 6.38. The molecule has 0 bridgehead atoms. The molecule has 0 aromatic heterocycles. The van der Waals surface area contributed by atoms with Crippen LogP contribution in [0.2, 0.25) is 0 Å². The lowest BCUT2D eigenvalue weighted by atomic mass is 10.1. The monoisotopic (exact) mass is 248 g/mol. The topological polar surface area (TPSA) is 44.8 Å². The maximum Gasteiger partial charge on any atom is 0.231 e. The van der Waals surface area contributed by atoms with Crippen molar-refractivity contribution in [2.24, 2.45) is 5.92 Å². The summed E-state index contributed by atoms with van der Waals surface area (Å²) in [6.45, 7) is 0.889. The highest BCUT2D eigenvalue weighted by Gasteiger charge is 2.20. The van der Waals surface area contributed by atoms with Gasteiger partial charge < -0.3 is 14.2 Å². The molecule has 96 valence electrons. The summed E-state index contributed by atoms with van der Waals surface area (Å²) < 4.78 is 16.3. The minimum Gasteiger partial charge on any atom is -0.492 e. The number of ether oxygens (including phenoxy) is 3. The van der Waals surface area contributed by atoms with E-state index in [9.17, 15) is 4.79 Å². The average molecular weight is 248 g/mol. The number of hydrogen-bond acceptors (Lipinski definition) is 4. The molecule has 4 nitrogen and oxygen atoms in total.